The lowest BCUT2D eigenvalue weighted by Gasteiger charge is -2.30. The molecule has 2 heterocycles. The first-order valence-electron chi connectivity index (χ1n) is 11.2. The summed E-state index contributed by atoms with van der Waals surface area (Å²) in [6.45, 7) is 8.97. The van der Waals surface area contributed by atoms with Crippen molar-refractivity contribution in [1.29, 1.82) is 0 Å². The van der Waals surface area contributed by atoms with E-state index < -0.39 is 6.04 Å². The van der Waals surface area contributed by atoms with Gasteiger partial charge in [0.25, 0.3) is 0 Å². The van der Waals surface area contributed by atoms with Gasteiger partial charge >= 0.3 is 0 Å². The Morgan fingerprint density at radius 1 is 1.16 bits per heavy atom. The Bertz CT molecular complexity index is 1180. The Morgan fingerprint density at radius 2 is 1.91 bits per heavy atom. The summed E-state index contributed by atoms with van der Waals surface area (Å²) < 4.78 is 2.11. The van der Waals surface area contributed by atoms with E-state index in [1.54, 1.807) is 4.90 Å². The van der Waals surface area contributed by atoms with Gasteiger partial charge in [-0.25, -0.2) is 0 Å². The fraction of sp³-hybridized carbons (Fsp3) is 0.385. The first-order valence-corrected chi connectivity index (χ1v) is 12.1. The average Bonchev–Trinajstić information content (AvgIpc) is 2.93. The van der Waals surface area contributed by atoms with Crippen LogP contribution in [-0.2, 0) is 16.6 Å². The van der Waals surface area contributed by atoms with Gasteiger partial charge in [-0.3, -0.25) is 14.5 Å². The number of anilines is 1. The second-order valence-corrected chi connectivity index (χ2v) is 9.96. The molecular weight excluding hydrogens is 418 g/mol. The predicted molar refractivity (Wildman–Crippen MR) is 132 cm³/mol. The van der Waals surface area contributed by atoms with Gasteiger partial charge in [0.2, 0.25) is 11.8 Å². The molecule has 0 saturated carbocycles. The van der Waals surface area contributed by atoms with Gasteiger partial charge in [-0.15, -0.1) is 0 Å². The number of amides is 2. The van der Waals surface area contributed by atoms with Crippen molar-refractivity contribution in [2.45, 2.75) is 45.2 Å². The molecule has 1 aliphatic heterocycles. The Hall–Kier alpha value is -2.73. The van der Waals surface area contributed by atoms with Crippen LogP contribution in [0.2, 0.25) is 0 Å². The van der Waals surface area contributed by atoms with E-state index in [1.165, 1.54) is 11.8 Å². The zero-order valence-electron chi connectivity index (χ0n) is 19.4. The highest BCUT2D eigenvalue weighted by atomic mass is 32.2. The number of rotatable bonds is 5. The van der Waals surface area contributed by atoms with E-state index in [1.807, 2.05) is 44.3 Å². The summed E-state index contributed by atoms with van der Waals surface area (Å²) in [4.78, 5) is 28.9. The smallest absolute Gasteiger partial charge is 0.247 e. The normalized spacial score (nSPS) is 16.4. The number of aryl methyl sites for hydroxylation is 3. The lowest BCUT2D eigenvalue weighted by molar-refractivity contribution is -0.125. The first-order chi connectivity index (χ1) is 15.3. The summed E-state index contributed by atoms with van der Waals surface area (Å²) in [5.41, 5.74) is 5.01. The number of hydrogen-bond donors (Lipinski definition) is 1. The zero-order valence-corrected chi connectivity index (χ0v) is 20.3. The second-order valence-electron chi connectivity index (χ2n) is 8.99. The van der Waals surface area contributed by atoms with E-state index in [4.69, 9.17) is 0 Å². The highest BCUT2D eigenvalue weighted by Gasteiger charge is 2.39. The van der Waals surface area contributed by atoms with E-state index in [0.29, 0.717) is 18.2 Å². The molecule has 0 radical (unpaired) electrons. The molecule has 0 aliphatic carbocycles. The van der Waals surface area contributed by atoms with Crippen molar-refractivity contribution in [2.24, 2.45) is 13.0 Å². The van der Waals surface area contributed by atoms with Crippen LogP contribution in [0.3, 0.4) is 0 Å². The van der Waals surface area contributed by atoms with Gasteiger partial charge in [-0.05, 0) is 55.5 Å². The minimum Gasteiger partial charge on any atom is -0.354 e. The summed E-state index contributed by atoms with van der Waals surface area (Å²) in [6, 6.07) is 13.4. The van der Waals surface area contributed by atoms with E-state index in [0.717, 1.165) is 44.7 Å². The number of aromatic nitrogens is 1. The van der Waals surface area contributed by atoms with Gasteiger partial charge in [0.05, 0.1) is 10.8 Å². The van der Waals surface area contributed by atoms with Crippen LogP contribution in [0.15, 0.2) is 47.5 Å². The Kier molecular flexibility index (Phi) is 6.33. The van der Waals surface area contributed by atoms with Crippen LogP contribution >= 0.6 is 11.8 Å². The van der Waals surface area contributed by atoms with Crippen LogP contribution in [-0.4, -0.2) is 28.7 Å². The largest absolute Gasteiger partial charge is 0.354 e. The van der Waals surface area contributed by atoms with Crippen molar-refractivity contribution in [1.82, 2.24) is 9.88 Å². The van der Waals surface area contributed by atoms with Crippen molar-refractivity contribution in [3.63, 3.8) is 0 Å². The first kappa shape index (κ1) is 22.5. The highest BCUT2D eigenvalue weighted by Crippen LogP contribution is 2.43. The molecule has 1 aromatic heterocycles. The topological polar surface area (TPSA) is 54.3 Å². The summed E-state index contributed by atoms with van der Waals surface area (Å²) in [5, 5.41) is 5.12. The number of benzene rings is 2. The van der Waals surface area contributed by atoms with Gasteiger partial charge in [-0.1, -0.05) is 49.9 Å². The van der Waals surface area contributed by atoms with Gasteiger partial charge in [0.1, 0.15) is 6.04 Å². The number of carbonyl (C=O) groups excluding carboxylic acids is 2. The monoisotopic (exact) mass is 449 g/mol. The maximum absolute atomic E-state index is 13.7. The minimum atomic E-state index is -0.715. The fourth-order valence-electron chi connectivity index (χ4n) is 4.31. The molecule has 5 nitrogen and oxygen atoms in total. The van der Waals surface area contributed by atoms with Crippen LogP contribution < -0.4 is 10.2 Å². The second kappa shape index (κ2) is 9.02. The maximum atomic E-state index is 13.7. The third-order valence-electron chi connectivity index (χ3n) is 6.26. The third kappa shape index (κ3) is 4.04. The highest BCUT2D eigenvalue weighted by molar-refractivity contribution is 8.00. The van der Waals surface area contributed by atoms with Crippen LogP contribution in [0.25, 0.3) is 10.9 Å². The van der Waals surface area contributed by atoms with Crippen molar-refractivity contribution in [3.05, 3.63) is 59.2 Å². The van der Waals surface area contributed by atoms with Gasteiger partial charge < -0.3 is 9.88 Å². The van der Waals surface area contributed by atoms with Crippen molar-refractivity contribution < 1.29 is 9.59 Å². The lowest BCUT2D eigenvalue weighted by Crippen LogP contribution is -2.44. The van der Waals surface area contributed by atoms with Crippen molar-refractivity contribution in [2.75, 3.05) is 17.2 Å². The van der Waals surface area contributed by atoms with E-state index in [9.17, 15) is 9.59 Å². The molecule has 0 spiro atoms. The van der Waals surface area contributed by atoms with Crippen molar-refractivity contribution >= 4 is 40.2 Å². The minimum absolute atomic E-state index is 0.0532. The standard InChI is InChI=1S/C26H31N3O2S/c1-16(2)12-13-27-25(31)24-23-20-8-6-7-9-21(20)28(5)26(23)32-15-22(30)29(24)19-11-10-17(3)18(4)14-19/h6-11,14,16,24H,12-13,15H2,1-5H3,(H,27,31). The Morgan fingerprint density at radius 3 is 2.62 bits per heavy atom. The molecule has 3 aromatic rings. The maximum Gasteiger partial charge on any atom is 0.247 e. The molecular formula is C26H31N3O2S. The Labute approximate surface area is 194 Å². The molecule has 4 rings (SSSR count). The molecule has 1 atom stereocenters. The van der Waals surface area contributed by atoms with E-state index >= 15 is 0 Å². The van der Waals surface area contributed by atoms with Crippen LogP contribution in [0.1, 0.15) is 43.0 Å². The molecule has 0 bridgehead atoms. The molecule has 2 amide bonds. The summed E-state index contributed by atoms with van der Waals surface area (Å²) in [5.74, 6) is 0.602. The summed E-state index contributed by atoms with van der Waals surface area (Å²) in [7, 11) is 2.01. The lowest BCUT2D eigenvalue weighted by atomic mass is 10.0. The quantitative estimate of drug-likeness (QED) is 0.587. The number of nitrogens with zero attached hydrogens (tertiary/aromatic N) is 2. The number of para-hydroxylation sites is 1. The van der Waals surface area contributed by atoms with E-state index in [2.05, 4.69) is 42.8 Å². The van der Waals surface area contributed by atoms with Gasteiger partial charge in [-0.2, -0.15) is 0 Å². The van der Waals surface area contributed by atoms with Gasteiger partial charge in [0, 0.05) is 35.7 Å². The SMILES string of the molecule is Cc1ccc(N2C(=O)CSc3c(c4ccccc4n3C)C2C(=O)NCCC(C)C)cc1C. The number of carbonyl (C=O) groups is 2. The molecule has 1 N–H and O–H groups in total. The van der Waals surface area contributed by atoms with Crippen LogP contribution in [0.4, 0.5) is 5.69 Å². The van der Waals surface area contributed by atoms with Crippen LogP contribution in [0.5, 0.6) is 0 Å². The average molecular weight is 450 g/mol. The number of hydrogen-bond acceptors (Lipinski definition) is 3. The Balaban J connectivity index is 1.89. The summed E-state index contributed by atoms with van der Waals surface area (Å²) in [6.07, 6.45) is 0.896. The van der Waals surface area contributed by atoms with E-state index in [-0.39, 0.29) is 11.8 Å². The zero-order chi connectivity index (χ0) is 23.0. The third-order valence-corrected chi connectivity index (χ3v) is 7.42. The number of thioether (sulfide) groups is 1. The fourth-order valence-corrected chi connectivity index (χ4v) is 5.38. The molecule has 1 aliphatic rings. The van der Waals surface area contributed by atoms with Crippen LogP contribution in [0, 0.1) is 19.8 Å². The predicted octanol–water partition coefficient (Wildman–Crippen LogP) is 5.14. The molecule has 0 fully saturated rings. The van der Waals surface area contributed by atoms with Crippen molar-refractivity contribution in [3.8, 4) is 0 Å². The molecule has 0 saturated heterocycles. The molecule has 32 heavy (non-hydrogen) atoms. The number of fused-ring (bicyclic) bond motifs is 3. The summed E-state index contributed by atoms with van der Waals surface area (Å²) >= 11 is 1.52. The molecule has 6 heteroatoms. The molecule has 2 aromatic carbocycles. The van der Waals surface area contributed by atoms with Gasteiger partial charge in [0.15, 0.2) is 0 Å². The molecule has 168 valence electrons. The molecule has 1 unspecified atom stereocenters. The number of nitrogens with one attached hydrogen (secondary N) is 1.